The molecule has 0 aliphatic heterocycles. The van der Waals surface area contributed by atoms with Crippen LogP contribution < -0.4 is 5.32 Å². The first-order valence-corrected chi connectivity index (χ1v) is 10.2. The fourth-order valence-corrected chi connectivity index (χ4v) is 3.92. The maximum absolute atomic E-state index is 12.9. The molecule has 1 atom stereocenters. The molecule has 0 aromatic carbocycles. The number of aryl methyl sites for hydroxylation is 2. The van der Waals surface area contributed by atoms with Gasteiger partial charge in [-0.25, -0.2) is 4.98 Å². The highest BCUT2D eigenvalue weighted by Gasteiger charge is 2.36. The van der Waals surface area contributed by atoms with E-state index in [-0.39, 0.29) is 5.69 Å². The molecule has 3 aromatic heterocycles. The first kappa shape index (κ1) is 19.8. The smallest absolute Gasteiger partial charge is 0.435 e. The maximum atomic E-state index is 12.9. The Labute approximate surface area is 175 Å². The van der Waals surface area contributed by atoms with Gasteiger partial charge in [0.15, 0.2) is 5.69 Å². The first-order valence-electron chi connectivity index (χ1n) is 10.2. The van der Waals surface area contributed by atoms with Crippen molar-refractivity contribution in [3.05, 3.63) is 52.9 Å². The Morgan fingerprint density at radius 3 is 2.77 bits per heavy atom. The van der Waals surface area contributed by atoms with Crippen LogP contribution in [0.25, 0.3) is 11.5 Å². The van der Waals surface area contributed by atoms with Gasteiger partial charge in [-0.3, -0.25) is 14.5 Å². The van der Waals surface area contributed by atoms with Gasteiger partial charge in [0.05, 0.1) is 6.04 Å². The van der Waals surface area contributed by atoms with Crippen LogP contribution in [0.4, 0.5) is 13.2 Å². The zero-order chi connectivity index (χ0) is 21.8. The molecule has 0 radical (unpaired) electrons. The zero-order valence-electron chi connectivity index (χ0n) is 16.7. The number of amides is 1. The van der Waals surface area contributed by atoms with Crippen molar-refractivity contribution in [3.8, 4) is 11.5 Å². The average Bonchev–Trinajstić information content (AvgIpc) is 3.35. The Balaban J connectivity index is 1.39. The highest BCUT2D eigenvalue weighted by atomic mass is 19.4. The Kier molecular flexibility index (Phi) is 4.60. The number of carbonyl (C=O) groups is 1. The van der Waals surface area contributed by atoms with Gasteiger partial charge in [-0.05, 0) is 37.8 Å². The number of fused-ring (bicyclic) bond motifs is 1. The molecular formula is C21H20F3N5O2. The van der Waals surface area contributed by atoms with E-state index >= 15 is 0 Å². The predicted molar refractivity (Wildman–Crippen MR) is 103 cm³/mol. The van der Waals surface area contributed by atoms with E-state index in [1.54, 1.807) is 6.20 Å². The highest BCUT2D eigenvalue weighted by Crippen LogP contribution is 2.40. The van der Waals surface area contributed by atoms with Crippen molar-refractivity contribution in [2.24, 2.45) is 7.05 Å². The molecule has 0 saturated heterocycles. The minimum Gasteiger partial charge on any atom is -0.441 e. The molecule has 7 nitrogen and oxygen atoms in total. The number of hydrogen-bond donors (Lipinski definition) is 1. The number of nitrogens with one attached hydrogen (secondary N) is 1. The van der Waals surface area contributed by atoms with E-state index in [1.165, 1.54) is 7.05 Å². The van der Waals surface area contributed by atoms with Crippen molar-refractivity contribution >= 4 is 5.91 Å². The van der Waals surface area contributed by atoms with Gasteiger partial charge in [-0.15, -0.1) is 0 Å². The third kappa shape index (κ3) is 3.82. The zero-order valence-corrected chi connectivity index (χ0v) is 16.7. The Morgan fingerprint density at radius 1 is 1.26 bits per heavy atom. The molecule has 0 spiro atoms. The van der Waals surface area contributed by atoms with Crippen LogP contribution in [-0.4, -0.2) is 25.7 Å². The van der Waals surface area contributed by atoms with Crippen LogP contribution in [0.3, 0.4) is 0 Å². The summed E-state index contributed by atoms with van der Waals surface area (Å²) in [6.07, 6.45) is 1.49. The third-order valence-corrected chi connectivity index (χ3v) is 5.69. The van der Waals surface area contributed by atoms with Crippen molar-refractivity contribution in [3.63, 3.8) is 0 Å². The summed E-state index contributed by atoms with van der Waals surface area (Å²) in [5.41, 5.74) is 1.22. The summed E-state index contributed by atoms with van der Waals surface area (Å²) in [6.45, 7) is 0. The average molecular weight is 431 g/mol. The lowest BCUT2D eigenvalue weighted by atomic mass is 9.96. The second kappa shape index (κ2) is 7.21. The molecule has 162 valence electrons. The van der Waals surface area contributed by atoms with Crippen LogP contribution in [0.2, 0.25) is 0 Å². The molecule has 10 heteroatoms. The van der Waals surface area contributed by atoms with Gasteiger partial charge in [-0.1, -0.05) is 0 Å². The molecule has 0 unspecified atom stereocenters. The lowest BCUT2D eigenvalue weighted by Gasteiger charge is -2.21. The molecule has 2 aliphatic carbocycles. The summed E-state index contributed by atoms with van der Waals surface area (Å²) in [5, 5.41) is 6.20. The molecule has 1 amide bonds. The van der Waals surface area contributed by atoms with E-state index in [1.807, 2.05) is 12.1 Å². The quantitative estimate of drug-likeness (QED) is 0.670. The van der Waals surface area contributed by atoms with Gasteiger partial charge < -0.3 is 9.73 Å². The van der Waals surface area contributed by atoms with E-state index in [4.69, 9.17) is 4.42 Å². The fourth-order valence-electron chi connectivity index (χ4n) is 3.92. The Morgan fingerprint density at radius 2 is 2.06 bits per heavy atom. The lowest BCUT2D eigenvalue weighted by Crippen LogP contribution is -2.32. The summed E-state index contributed by atoms with van der Waals surface area (Å²) in [5.74, 6) is 1.03. The normalized spacial score (nSPS) is 18.6. The first-order chi connectivity index (χ1) is 14.8. The van der Waals surface area contributed by atoms with E-state index in [9.17, 15) is 18.0 Å². The summed E-state index contributed by atoms with van der Waals surface area (Å²) in [6, 6.07) is 4.13. The van der Waals surface area contributed by atoms with Gasteiger partial charge in [0.25, 0.3) is 5.91 Å². The van der Waals surface area contributed by atoms with Crippen molar-refractivity contribution in [1.29, 1.82) is 0 Å². The summed E-state index contributed by atoms with van der Waals surface area (Å²) < 4.78 is 45.7. The molecule has 1 N–H and O–H groups in total. The number of halogens is 3. The minimum atomic E-state index is -4.61. The summed E-state index contributed by atoms with van der Waals surface area (Å²) in [7, 11) is 1.31. The van der Waals surface area contributed by atoms with Crippen molar-refractivity contribution in [1.82, 2.24) is 25.1 Å². The highest BCUT2D eigenvalue weighted by molar-refractivity contribution is 5.93. The van der Waals surface area contributed by atoms with Crippen LogP contribution >= 0.6 is 0 Å². The van der Waals surface area contributed by atoms with E-state index in [2.05, 4.69) is 20.4 Å². The molecule has 3 heterocycles. The molecule has 1 saturated carbocycles. The molecule has 5 rings (SSSR count). The van der Waals surface area contributed by atoms with Gasteiger partial charge in [0, 0.05) is 42.9 Å². The third-order valence-electron chi connectivity index (χ3n) is 5.69. The number of rotatable bonds is 4. The number of pyridine rings is 1. The number of alkyl halides is 3. The Hall–Kier alpha value is -3.17. The van der Waals surface area contributed by atoms with E-state index in [0.717, 1.165) is 41.3 Å². The van der Waals surface area contributed by atoms with Crippen LogP contribution in [0, 0.1) is 0 Å². The molecule has 31 heavy (non-hydrogen) atoms. The fraction of sp³-hybridized carbons (Fsp3) is 0.429. The Bertz CT molecular complexity index is 1150. The number of aromatic nitrogens is 4. The van der Waals surface area contributed by atoms with Crippen LogP contribution in [-0.2, 0) is 19.6 Å². The molecule has 1 fully saturated rings. The van der Waals surface area contributed by atoms with Crippen LogP contribution in [0.5, 0.6) is 0 Å². The van der Waals surface area contributed by atoms with E-state index in [0.29, 0.717) is 36.1 Å². The van der Waals surface area contributed by atoms with Crippen LogP contribution in [0.15, 0.2) is 28.8 Å². The lowest BCUT2D eigenvalue weighted by molar-refractivity contribution is -0.141. The molecule has 2 aliphatic rings. The van der Waals surface area contributed by atoms with Gasteiger partial charge in [0.1, 0.15) is 17.1 Å². The standard InChI is InChI=1S/C21H20F3N5O2/c1-29-15(10-17(28-29)21(22,23)24)19(30)26-13-3-2-4-16-18(13)27-20(31-16)12-7-8-25-14(9-12)11-5-6-11/h7-11,13H,2-6H2,1H3,(H,26,30)/t13-/m1/s1. The second-order valence-electron chi connectivity index (χ2n) is 8.03. The minimum absolute atomic E-state index is 0.161. The summed E-state index contributed by atoms with van der Waals surface area (Å²) in [4.78, 5) is 21.7. The van der Waals surface area contributed by atoms with Crippen molar-refractivity contribution in [2.75, 3.05) is 0 Å². The van der Waals surface area contributed by atoms with Crippen LogP contribution in [0.1, 0.15) is 71.0 Å². The topological polar surface area (TPSA) is 85.8 Å². The van der Waals surface area contributed by atoms with Gasteiger partial charge >= 0.3 is 6.18 Å². The number of hydrogen-bond acceptors (Lipinski definition) is 5. The predicted octanol–water partition coefficient (Wildman–Crippen LogP) is 4.17. The van der Waals surface area contributed by atoms with Gasteiger partial charge in [0.2, 0.25) is 5.89 Å². The second-order valence-corrected chi connectivity index (χ2v) is 8.03. The number of nitrogens with zero attached hydrogens (tertiary/aromatic N) is 4. The molecular weight excluding hydrogens is 411 g/mol. The van der Waals surface area contributed by atoms with E-state index < -0.39 is 23.8 Å². The molecule has 0 bridgehead atoms. The van der Waals surface area contributed by atoms with Crippen molar-refractivity contribution < 1.29 is 22.4 Å². The van der Waals surface area contributed by atoms with Gasteiger partial charge in [-0.2, -0.15) is 18.3 Å². The van der Waals surface area contributed by atoms with Crippen molar-refractivity contribution in [2.45, 2.75) is 50.2 Å². The number of carbonyl (C=O) groups excluding carboxylic acids is 1. The molecule has 3 aromatic rings. The summed E-state index contributed by atoms with van der Waals surface area (Å²) >= 11 is 0. The maximum Gasteiger partial charge on any atom is 0.435 e. The SMILES string of the molecule is Cn1nc(C(F)(F)F)cc1C(=O)N[C@@H]1CCCc2oc(-c3ccnc(C4CC4)c3)nc21. The monoisotopic (exact) mass is 431 g/mol. The number of oxazole rings is 1. The largest absolute Gasteiger partial charge is 0.441 e.